The SMILES string of the molecule is N#CC1CCC(NCCc2ccc3c(c2)CCC3)CC1. The molecular weight excluding hydrogens is 244 g/mol. The second kappa shape index (κ2) is 6.41. The monoisotopic (exact) mass is 268 g/mol. The van der Waals surface area contributed by atoms with Gasteiger partial charge in [-0.2, -0.15) is 5.26 Å². The zero-order valence-electron chi connectivity index (χ0n) is 12.2. The van der Waals surface area contributed by atoms with Crippen molar-refractivity contribution in [2.24, 2.45) is 5.92 Å². The number of hydrogen-bond acceptors (Lipinski definition) is 2. The summed E-state index contributed by atoms with van der Waals surface area (Å²) in [6.45, 7) is 1.07. The van der Waals surface area contributed by atoms with Gasteiger partial charge in [0.05, 0.1) is 6.07 Å². The maximum Gasteiger partial charge on any atom is 0.0655 e. The van der Waals surface area contributed by atoms with Gasteiger partial charge in [-0.3, -0.25) is 0 Å². The topological polar surface area (TPSA) is 35.8 Å². The lowest BCUT2D eigenvalue weighted by atomic mass is 9.87. The highest BCUT2D eigenvalue weighted by molar-refractivity contribution is 5.35. The van der Waals surface area contributed by atoms with E-state index in [2.05, 4.69) is 29.6 Å². The van der Waals surface area contributed by atoms with Gasteiger partial charge in [0.15, 0.2) is 0 Å². The largest absolute Gasteiger partial charge is 0.314 e. The van der Waals surface area contributed by atoms with Crippen molar-refractivity contribution in [3.63, 3.8) is 0 Å². The highest BCUT2D eigenvalue weighted by Gasteiger charge is 2.20. The van der Waals surface area contributed by atoms with Crippen LogP contribution in [-0.4, -0.2) is 12.6 Å². The first kappa shape index (κ1) is 13.6. The number of hydrogen-bond donors (Lipinski definition) is 1. The van der Waals surface area contributed by atoms with Gasteiger partial charge in [0.25, 0.3) is 0 Å². The van der Waals surface area contributed by atoms with Crippen LogP contribution in [0.15, 0.2) is 18.2 Å². The molecule has 0 aliphatic heterocycles. The van der Waals surface area contributed by atoms with E-state index in [9.17, 15) is 0 Å². The Kier molecular flexibility index (Phi) is 4.38. The molecule has 1 N–H and O–H groups in total. The predicted octanol–water partition coefficient (Wildman–Crippen LogP) is 3.39. The number of nitriles is 1. The molecular formula is C18H24N2. The Balaban J connectivity index is 1.43. The Morgan fingerprint density at radius 3 is 2.70 bits per heavy atom. The maximum absolute atomic E-state index is 8.91. The quantitative estimate of drug-likeness (QED) is 0.908. The number of fused-ring (bicyclic) bond motifs is 1. The standard InChI is InChI=1S/C18H24N2/c19-13-15-5-8-18(9-6-15)20-11-10-14-4-7-16-2-1-3-17(16)12-14/h4,7,12,15,18,20H,1-3,5-6,8-11H2. The lowest BCUT2D eigenvalue weighted by Gasteiger charge is -2.25. The summed E-state index contributed by atoms with van der Waals surface area (Å²) >= 11 is 0. The van der Waals surface area contributed by atoms with E-state index in [-0.39, 0.29) is 0 Å². The summed E-state index contributed by atoms with van der Waals surface area (Å²) in [5, 5.41) is 12.6. The van der Waals surface area contributed by atoms with Crippen molar-refractivity contribution in [2.75, 3.05) is 6.54 Å². The Morgan fingerprint density at radius 2 is 1.90 bits per heavy atom. The number of rotatable bonds is 4. The van der Waals surface area contributed by atoms with Gasteiger partial charge in [0, 0.05) is 12.0 Å². The molecule has 2 aliphatic rings. The maximum atomic E-state index is 8.91. The highest BCUT2D eigenvalue weighted by Crippen LogP contribution is 2.24. The normalized spacial score (nSPS) is 25.1. The van der Waals surface area contributed by atoms with E-state index in [1.807, 2.05) is 0 Å². The first-order valence-electron chi connectivity index (χ1n) is 8.09. The summed E-state index contributed by atoms with van der Waals surface area (Å²) in [6.07, 6.45) is 9.50. The molecule has 1 aromatic carbocycles. The third-order valence-electron chi connectivity index (χ3n) is 4.92. The number of nitrogens with zero attached hydrogens (tertiary/aromatic N) is 1. The molecule has 0 spiro atoms. The molecule has 0 atom stereocenters. The third kappa shape index (κ3) is 3.22. The van der Waals surface area contributed by atoms with Crippen LogP contribution >= 0.6 is 0 Å². The Morgan fingerprint density at radius 1 is 1.10 bits per heavy atom. The Hall–Kier alpha value is -1.33. The molecule has 106 valence electrons. The van der Waals surface area contributed by atoms with Crippen molar-refractivity contribution in [1.82, 2.24) is 5.32 Å². The van der Waals surface area contributed by atoms with Crippen LogP contribution in [0.25, 0.3) is 0 Å². The van der Waals surface area contributed by atoms with E-state index in [1.165, 1.54) is 37.7 Å². The fourth-order valence-corrected chi connectivity index (χ4v) is 3.63. The lowest BCUT2D eigenvalue weighted by Crippen LogP contribution is -2.34. The van der Waals surface area contributed by atoms with Crippen LogP contribution < -0.4 is 5.32 Å². The molecule has 1 fully saturated rings. The van der Waals surface area contributed by atoms with Gasteiger partial charge in [-0.25, -0.2) is 0 Å². The van der Waals surface area contributed by atoms with Gasteiger partial charge in [0.1, 0.15) is 0 Å². The van der Waals surface area contributed by atoms with Crippen LogP contribution in [-0.2, 0) is 19.3 Å². The van der Waals surface area contributed by atoms with Gasteiger partial charge >= 0.3 is 0 Å². The molecule has 2 nitrogen and oxygen atoms in total. The highest BCUT2D eigenvalue weighted by atomic mass is 14.9. The molecule has 0 aromatic heterocycles. The predicted molar refractivity (Wildman–Crippen MR) is 81.5 cm³/mol. The molecule has 20 heavy (non-hydrogen) atoms. The Bertz CT molecular complexity index is 493. The van der Waals surface area contributed by atoms with E-state index in [4.69, 9.17) is 5.26 Å². The fourth-order valence-electron chi connectivity index (χ4n) is 3.63. The minimum atomic E-state index is 0.310. The van der Waals surface area contributed by atoms with Crippen molar-refractivity contribution in [3.8, 4) is 6.07 Å². The molecule has 0 radical (unpaired) electrons. The first-order chi connectivity index (χ1) is 9.85. The summed E-state index contributed by atoms with van der Waals surface area (Å²) in [6, 6.07) is 10.1. The van der Waals surface area contributed by atoms with E-state index in [1.54, 1.807) is 11.1 Å². The van der Waals surface area contributed by atoms with E-state index < -0.39 is 0 Å². The summed E-state index contributed by atoms with van der Waals surface area (Å²) in [7, 11) is 0. The smallest absolute Gasteiger partial charge is 0.0655 e. The second-order valence-electron chi connectivity index (χ2n) is 6.34. The minimum Gasteiger partial charge on any atom is -0.314 e. The van der Waals surface area contributed by atoms with Gasteiger partial charge in [0.2, 0.25) is 0 Å². The number of nitrogens with one attached hydrogen (secondary N) is 1. The van der Waals surface area contributed by atoms with Crippen LogP contribution in [0.1, 0.15) is 48.8 Å². The van der Waals surface area contributed by atoms with Crippen molar-refractivity contribution in [1.29, 1.82) is 5.26 Å². The van der Waals surface area contributed by atoms with Crippen molar-refractivity contribution >= 4 is 0 Å². The van der Waals surface area contributed by atoms with Crippen molar-refractivity contribution < 1.29 is 0 Å². The van der Waals surface area contributed by atoms with Gasteiger partial charge < -0.3 is 5.32 Å². The van der Waals surface area contributed by atoms with Crippen molar-refractivity contribution in [3.05, 3.63) is 34.9 Å². The zero-order chi connectivity index (χ0) is 13.8. The van der Waals surface area contributed by atoms with Crippen LogP contribution in [0.5, 0.6) is 0 Å². The van der Waals surface area contributed by atoms with Crippen LogP contribution in [0, 0.1) is 17.2 Å². The average molecular weight is 268 g/mol. The molecule has 2 aliphatic carbocycles. The first-order valence-corrected chi connectivity index (χ1v) is 8.09. The lowest BCUT2D eigenvalue weighted by molar-refractivity contribution is 0.334. The molecule has 1 aromatic rings. The number of benzene rings is 1. The second-order valence-corrected chi connectivity index (χ2v) is 6.34. The summed E-state index contributed by atoms with van der Waals surface area (Å²) in [4.78, 5) is 0. The van der Waals surface area contributed by atoms with Crippen LogP contribution in [0.2, 0.25) is 0 Å². The number of aryl methyl sites for hydroxylation is 2. The molecule has 3 rings (SSSR count). The fraction of sp³-hybridized carbons (Fsp3) is 0.611. The van der Waals surface area contributed by atoms with Crippen LogP contribution in [0.3, 0.4) is 0 Å². The van der Waals surface area contributed by atoms with Crippen LogP contribution in [0.4, 0.5) is 0 Å². The molecule has 2 heteroatoms. The molecule has 0 heterocycles. The van der Waals surface area contributed by atoms with Crippen molar-refractivity contribution in [2.45, 2.75) is 57.4 Å². The van der Waals surface area contributed by atoms with E-state index in [0.717, 1.165) is 25.8 Å². The average Bonchev–Trinajstić information content (AvgIpc) is 2.95. The molecule has 0 saturated heterocycles. The summed E-state index contributed by atoms with van der Waals surface area (Å²) in [5.41, 5.74) is 4.62. The van der Waals surface area contributed by atoms with Gasteiger partial charge in [-0.05, 0) is 74.6 Å². The summed E-state index contributed by atoms with van der Waals surface area (Å²) < 4.78 is 0. The van der Waals surface area contributed by atoms with Gasteiger partial charge in [-0.1, -0.05) is 18.2 Å². The Labute approximate surface area is 122 Å². The summed E-state index contributed by atoms with van der Waals surface area (Å²) in [5.74, 6) is 0.310. The molecule has 0 unspecified atom stereocenters. The molecule has 0 bridgehead atoms. The molecule has 1 saturated carbocycles. The third-order valence-corrected chi connectivity index (χ3v) is 4.92. The molecule has 0 amide bonds. The van der Waals surface area contributed by atoms with Gasteiger partial charge in [-0.15, -0.1) is 0 Å². The van der Waals surface area contributed by atoms with E-state index in [0.29, 0.717) is 12.0 Å². The zero-order valence-corrected chi connectivity index (χ0v) is 12.2. The minimum absolute atomic E-state index is 0.310. The van der Waals surface area contributed by atoms with E-state index >= 15 is 0 Å².